The number of hydrogen-bond donors (Lipinski definition) is 1. The van der Waals surface area contributed by atoms with Gasteiger partial charge < -0.3 is 0 Å². The molecule has 142 valence electrons. The number of carbonyl (C=O) groups is 1. The number of pyridine rings is 1. The molecule has 0 aliphatic carbocycles. The minimum absolute atomic E-state index is 0.102. The molecule has 1 aromatic heterocycles. The molecule has 0 unspecified atom stereocenters. The smallest absolute Gasteiger partial charge is 0.264 e. The minimum atomic E-state index is -3.92. The van der Waals surface area contributed by atoms with Crippen LogP contribution in [0.3, 0.4) is 0 Å². The molecule has 0 spiro atoms. The summed E-state index contributed by atoms with van der Waals surface area (Å²) in [4.78, 5) is 16.4. The second kappa shape index (κ2) is 8.92. The van der Waals surface area contributed by atoms with Crippen molar-refractivity contribution in [1.82, 2.24) is 10.4 Å². The van der Waals surface area contributed by atoms with Gasteiger partial charge in [-0.05, 0) is 30.3 Å². The summed E-state index contributed by atoms with van der Waals surface area (Å²) in [5.41, 5.74) is 3.45. The predicted octanol–water partition coefficient (Wildman–Crippen LogP) is 2.43. The van der Waals surface area contributed by atoms with Gasteiger partial charge in [-0.3, -0.25) is 14.1 Å². The maximum Gasteiger partial charge on any atom is 0.264 e. The molecular weight excluding hydrogens is 376 g/mol. The van der Waals surface area contributed by atoms with Crippen molar-refractivity contribution in [3.8, 4) is 0 Å². The molecule has 0 fully saturated rings. The lowest BCUT2D eigenvalue weighted by atomic mass is 10.3. The van der Waals surface area contributed by atoms with E-state index in [0.29, 0.717) is 11.3 Å². The zero-order chi connectivity index (χ0) is 19.8. The van der Waals surface area contributed by atoms with E-state index in [1.807, 2.05) is 0 Å². The Morgan fingerprint density at radius 2 is 1.68 bits per heavy atom. The van der Waals surface area contributed by atoms with Crippen molar-refractivity contribution in [2.24, 2.45) is 5.10 Å². The van der Waals surface area contributed by atoms with Gasteiger partial charge in [0.25, 0.3) is 15.9 Å². The number of amides is 1. The van der Waals surface area contributed by atoms with Gasteiger partial charge in [-0.15, -0.1) is 0 Å². The SMILES string of the molecule is O=C(CN(c1ccccc1)S(=O)(=O)c1ccccc1)N/N=C\c1cccnc1. The largest absolute Gasteiger partial charge is 0.271 e. The van der Waals surface area contributed by atoms with E-state index >= 15 is 0 Å². The van der Waals surface area contributed by atoms with Gasteiger partial charge in [0.15, 0.2) is 0 Å². The third-order valence-electron chi connectivity index (χ3n) is 3.75. The molecule has 1 N–H and O–H groups in total. The zero-order valence-corrected chi connectivity index (χ0v) is 15.7. The van der Waals surface area contributed by atoms with Crippen LogP contribution >= 0.6 is 0 Å². The van der Waals surface area contributed by atoms with Crippen LogP contribution in [0.15, 0.2) is 95.2 Å². The maximum atomic E-state index is 13.1. The van der Waals surface area contributed by atoms with Crippen LogP contribution in [0.2, 0.25) is 0 Å². The van der Waals surface area contributed by atoms with Crippen LogP contribution in [0.25, 0.3) is 0 Å². The van der Waals surface area contributed by atoms with Crippen LogP contribution in [0.1, 0.15) is 5.56 Å². The number of nitrogens with one attached hydrogen (secondary N) is 1. The van der Waals surface area contributed by atoms with E-state index < -0.39 is 22.5 Å². The summed E-state index contributed by atoms with van der Waals surface area (Å²) in [6, 6.07) is 19.9. The number of hydrogen-bond acceptors (Lipinski definition) is 5. The van der Waals surface area contributed by atoms with Crippen molar-refractivity contribution >= 4 is 27.8 Å². The van der Waals surface area contributed by atoms with Crippen LogP contribution in [0, 0.1) is 0 Å². The first-order chi connectivity index (χ1) is 13.6. The molecule has 0 aliphatic rings. The van der Waals surface area contributed by atoms with Crippen LogP contribution in [-0.4, -0.2) is 32.1 Å². The third-order valence-corrected chi connectivity index (χ3v) is 5.54. The van der Waals surface area contributed by atoms with Crippen LogP contribution < -0.4 is 9.73 Å². The molecule has 2 aromatic carbocycles. The highest BCUT2D eigenvalue weighted by molar-refractivity contribution is 7.92. The van der Waals surface area contributed by atoms with Crippen molar-refractivity contribution in [1.29, 1.82) is 0 Å². The van der Waals surface area contributed by atoms with Gasteiger partial charge in [-0.25, -0.2) is 13.8 Å². The topological polar surface area (TPSA) is 91.7 Å². The molecule has 0 saturated carbocycles. The number of sulfonamides is 1. The first-order valence-electron chi connectivity index (χ1n) is 8.42. The fourth-order valence-electron chi connectivity index (χ4n) is 2.43. The van der Waals surface area contributed by atoms with Crippen LogP contribution in [0.5, 0.6) is 0 Å². The molecule has 0 atom stereocenters. The Morgan fingerprint density at radius 1 is 1.00 bits per heavy atom. The minimum Gasteiger partial charge on any atom is -0.271 e. The van der Waals surface area contributed by atoms with Crippen molar-refractivity contribution in [3.05, 3.63) is 90.8 Å². The van der Waals surface area contributed by atoms with Gasteiger partial charge in [0.05, 0.1) is 16.8 Å². The fourth-order valence-corrected chi connectivity index (χ4v) is 3.87. The van der Waals surface area contributed by atoms with Crippen molar-refractivity contribution in [2.45, 2.75) is 4.90 Å². The number of benzene rings is 2. The maximum absolute atomic E-state index is 13.1. The first-order valence-corrected chi connectivity index (χ1v) is 9.86. The molecule has 8 heteroatoms. The van der Waals surface area contributed by atoms with Crippen molar-refractivity contribution < 1.29 is 13.2 Å². The molecule has 1 amide bonds. The van der Waals surface area contributed by atoms with Gasteiger partial charge in [0, 0.05) is 18.0 Å². The number of hydrazone groups is 1. The molecule has 0 bridgehead atoms. The summed E-state index contributed by atoms with van der Waals surface area (Å²) in [6.07, 6.45) is 4.65. The Hall–Kier alpha value is -3.52. The Balaban J connectivity index is 1.80. The number of anilines is 1. The highest BCUT2D eigenvalue weighted by Gasteiger charge is 2.26. The van der Waals surface area contributed by atoms with E-state index in [9.17, 15) is 13.2 Å². The molecule has 0 saturated heterocycles. The Labute approximate surface area is 163 Å². The molecule has 0 aliphatic heterocycles. The van der Waals surface area contributed by atoms with Gasteiger partial charge >= 0.3 is 0 Å². The summed E-state index contributed by atoms with van der Waals surface area (Å²) in [7, 11) is -3.92. The van der Waals surface area contributed by atoms with E-state index in [1.165, 1.54) is 18.3 Å². The summed E-state index contributed by atoms with van der Waals surface area (Å²) in [6.45, 7) is -0.411. The molecule has 3 aromatic rings. The molecule has 7 nitrogen and oxygen atoms in total. The van der Waals surface area contributed by atoms with Gasteiger partial charge in [0.2, 0.25) is 0 Å². The monoisotopic (exact) mass is 394 g/mol. The Kier molecular flexibility index (Phi) is 6.13. The second-order valence-electron chi connectivity index (χ2n) is 5.74. The third kappa shape index (κ3) is 4.80. The Bertz CT molecular complexity index is 1040. The average molecular weight is 394 g/mol. The number of nitrogens with zero attached hydrogens (tertiary/aromatic N) is 3. The van der Waals surface area contributed by atoms with Crippen LogP contribution in [0.4, 0.5) is 5.69 Å². The number of aromatic nitrogens is 1. The number of carbonyl (C=O) groups excluding carboxylic acids is 1. The van der Waals surface area contributed by atoms with Gasteiger partial charge in [-0.2, -0.15) is 5.10 Å². The summed E-state index contributed by atoms with van der Waals surface area (Å²) in [5.74, 6) is -0.566. The summed E-state index contributed by atoms with van der Waals surface area (Å²) < 4.78 is 27.2. The first kappa shape index (κ1) is 19.2. The number of para-hydroxylation sites is 1. The standard InChI is InChI=1S/C20H18N4O3S/c25-20(23-22-15-17-8-7-13-21-14-17)16-24(18-9-3-1-4-10-18)28(26,27)19-11-5-2-6-12-19/h1-15H,16H2,(H,23,25)/b22-15-. The molecule has 3 rings (SSSR count). The van der Waals surface area contributed by atoms with Gasteiger partial charge in [0.1, 0.15) is 6.54 Å². The lowest BCUT2D eigenvalue weighted by molar-refractivity contribution is -0.119. The zero-order valence-electron chi connectivity index (χ0n) is 14.8. The number of rotatable bonds is 7. The lowest BCUT2D eigenvalue weighted by Gasteiger charge is -2.23. The molecule has 0 radical (unpaired) electrons. The highest BCUT2D eigenvalue weighted by Crippen LogP contribution is 2.22. The van der Waals surface area contributed by atoms with E-state index in [-0.39, 0.29) is 4.90 Å². The fraction of sp³-hybridized carbons (Fsp3) is 0.0500. The summed E-state index contributed by atoms with van der Waals surface area (Å²) in [5, 5.41) is 3.86. The van der Waals surface area contributed by atoms with E-state index in [2.05, 4.69) is 15.5 Å². The quantitative estimate of drug-likeness (QED) is 0.492. The van der Waals surface area contributed by atoms with Crippen molar-refractivity contribution in [3.63, 3.8) is 0 Å². The second-order valence-corrected chi connectivity index (χ2v) is 7.60. The summed E-state index contributed by atoms with van der Waals surface area (Å²) >= 11 is 0. The normalized spacial score (nSPS) is 11.3. The van der Waals surface area contributed by atoms with E-state index in [1.54, 1.807) is 73.1 Å². The highest BCUT2D eigenvalue weighted by atomic mass is 32.2. The average Bonchev–Trinajstić information content (AvgIpc) is 2.74. The van der Waals surface area contributed by atoms with Gasteiger partial charge in [-0.1, -0.05) is 42.5 Å². The molecular formula is C20H18N4O3S. The molecule has 28 heavy (non-hydrogen) atoms. The van der Waals surface area contributed by atoms with Crippen molar-refractivity contribution in [2.75, 3.05) is 10.8 Å². The van der Waals surface area contributed by atoms with E-state index in [0.717, 1.165) is 4.31 Å². The molecule has 1 heterocycles. The van der Waals surface area contributed by atoms with Crippen LogP contribution in [-0.2, 0) is 14.8 Å². The lowest BCUT2D eigenvalue weighted by Crippen LogP contribution is -2.39. The Morgan fingerprint density at radius 3 is 2.32 bits per heavy atom. The predicted molar refractivity (Wildman–Crippen MR) is 107 cm³/mol. The van der Waals surface area contributed by atoms with E-state index in [4.69, 9.17) is 0 Å².